The van der Waals surface area contributed by atoms with Gasteiger partial charge in [-0.3, -0.25) is 19.3 Å². The standard InChI is InChI=1S/C29H37N3O6/c1-18(2)27(33)30-14-7-9-22(19-11-12-23(36-4)25(16-19)37-5)32-28(34)21-8-6-10-24(26(21)29(32)35)38-20-13-15-31(3)17-20/h6,8,10-12,16,18,20,22H,7,9,13-15,17H2,1-5H3,(H,30,33)/t20-,22?/m1/s1. The summed E-state index contributed by atoms with van der Waals surface area (Å²) >= 11 is 0. The lowest BCUT2D eigenvalue weighted by atomic mass is 9.99. The van der Waals surface area contributed by atoms with Crippen molar-refractivity contribution in [2.75, 3.05) is 40.9 Å². The van der Waals surface area contributed by atoms with Crippen LogP contribution in [0.2, 0.25) is 0 Å². The number of hydrogen-bond donors (Lipinski definition) is 1. The van der Waals surface area contributed by atoms with E-state index in [1.807, 2.05) is 27.0 Å². The van der Waals surface area contributed by atoms with Crippen LogP contribution >= 0.6 is 0 Å². The zero-order valence-electron chi connectivity index (χ0n) is 22.8. The summed E-state index contributed by atoms with van der Waals surface area (Å²) in [4.78, 5) is 43.1. The number of nitrogens with zero attached hydrogens (tertiary/aromatic N) is 2. The molecule has 9 heteroatoms. The first-order valence-electron chi connectivity index (χ1n) is 13.1. The van der Waals surface area contributed by atoms with Crippen molar-refractivity contribution >= 4 is 17.7 Å². The molecule has 2 atom stereocenters. The Bertz CT molecular complexity index is 1200. The first-order valence-corrected chi connectivity index (χ1v) is 13.1. The number of fused-ring (bicyclic) bond motifs is 1. The van der Waals surface area contributed by atoms with Crippen LogP contribution in [0.1, 0.15) is 65.4 Å². The van der Waals surface area contributed by atoms with Gasteiger partial charge in [-0.05, 0) is 56.1 Å². The molecular weight excluding hydrogens is 486 g/mol. The molecule has 0 saturated carbocycles. The summed E-state index contributed by atoms with van der Waals surface area (Å²) in [7, 11) is 5.14. The minimum absolute atomic E-state index is 0.0327. The van der Waals surface area contributed by atoms with Crippen molar-refractivity contribution < 1.29 is 28.6 Å². The molecule has 2 aliphatic rings. The molecule has 0 aromatic heterocycles. The number of carbonyl (C=O) groups excluding carboxylic acids is 3. The Morgan fingerprint density at radius 2 is 1.82 bits per heavy atom. The minimum Gasteiger partial charge on any atom is -0.493 e. The molecule has 1 N–H and O–H groups in total. The van der Waals surface area contributed by atoms with Gasteiger partial charge in [0.15, 0.2) is 11.5 Å². The van der Waals surface area contributed by atoms with Crippen LogP contribution in [-0.4, -0.2) is 74.5 Å². The summed E-state index contributed by atoms with van der Waals surface area (Å²) in [6.07, 6.45) is 1.86. The Labute approximate surface area is 224 Å². The van der Waals surface area contributed by atoms with E-state index in [4.69, 9.17) is 14.2 Å². The average molecular weight is 524 g/mol. The third-order valence-corrected chi connectivity index (χ3v) is 7.13. The first kappa shape index (κ1) is 27.4. The van der Waals surface area contributed by atoms with E-state index in [1.165, 1.54) is 4.90 Å². The highest BCUT2D eigenvalue weighted by Gasteiger charge is 2.43. The van der Waals surface area contributed by atoms with E-state index in [-0.39, 0.29) is 29.7 Å². The van der Waals surface area contributed by atoms with Gasteiger partial charge in [-0.2, -0.15) is 0 Å². The predicted octanol–water partition coefficient (Wildman–Crippen LogP) is 3.68. The molecule has 3 amide bonds. The van der Waals surface area contributed by atoms with Crippen LogP contribution in [0.4, 0.5) is 0 Å². The third kappa shape index (κ3) is 5.62. The molecule has 2 aromatic rings. The number of benzene rings is 2. The summed E-state index contributed by atoms with van der Waals surface area (Å²) < 4.78 is 17.1. The van der Waals surface area contributed by atoms with Gasteiger partial charge in [0.25, 0.3) is 11.8 Å². The number of carbonyl (C=O) groups is 3. The van der Waals surface area contributed by atoms with Crippen LogP contribution in [0, 0.1) is 5.92 Å². The summed E-state index contributed by atoms with van der Waals surface area (Å²) in [6, 6.07) is 10.0. The quantitative estimate of drug-likeness (QED) is 0.355. The molecule has 2 aromatic carbocycles. The van der Waals surface area contributed by atoms with Crippen LogP contribution in [0.3, 0.4) is 0 Å². The lowest BCUT2D eigenvalue weighted by Crippen LogP contribution is -2.35. The number of hydrogen-bond acceptors (Lipinski definition) is 7. The molecule has 2 heterocycles. The number of nitrogens with one attached hydrogen (secondary N) is 1. The van der Waals surface area contributed by atoms with Crippen molar-refractivity contribution in [1.82, 2.24) is 15.1 Å². The van der Waals surface area contributed by atoms with E-state index >= 15 is 0 Å². The average Bonchev–Trinajstić information content (AvgIpc) is 3.43. The normalized spacial score (nSPS) is 18.1. The van der Waals surface area contributed by atoms with Crippen molar-refractivity contribution in [3.8, 4) is 17.2 Å². The van der Waals surface area contributed by atoms with Gasteiger partial charge in [-0.25, -0.2) is 0 Å². The van der Waals surface area contributed by atoms with E-state index in [2.05, 4.69) is 10.2 Å². The SMILES string of the molecule is COc1ccc(C(CCCNC(=O)C(C)C)N2C(=O)c3cccc(O[C@@H]4CCN(C)C4)c3C2=O)cc1OC. The molecule has 0 bridgehead atoms. The molecule has 0 aliphatic carbocycles. The number of imide groups is 1. The third-order valence-electron chi connectivity index (χ3n) is 7.13. The Morgan fingerprint density at radius 1 is 1.05 bits per heavy atom. The second-order valence-electron chi connectivity index (χ2n) is 10.2. The van der Waals surface area contributed by atoms with Gasteiger partial charge in [0.1, 0.15) is 11.9 Å². The Morgan fingerprint density at radius 3 is 2.47 bits per heavy atom. The Balaban J connectivity index is 1.64. The Hall–Kier alpha value is -3.59. The molecule has 1 unspecified atom stereocenters. The second-order valence-corrected chi connectivity index (χ2v) is 10.2. The number of rotatable bonds is 11. The number of likely N-dealkylation sites (N-methyl/N-ethyl adjacent to an activating group) is 1. The topological polar surface area (TPSA) is 97.4 Å². The summed E-state index contributed by atoms with van der Waals surface area (Å²) in [5.74, 6) is 0.619. The fourth-order valence-corrected chi connectivity index (χ4v) is 5.04. The van der Waals surface area contributed by atoms with Crippen molar-refractivity contribution in [3.63, 3.8) is 0 Å². The maximum atomic E-state index is 13.9. The predicted molar refractivity (Wildman–Crippen MR) is 143 cm³/mol. The van der Waals surface area contributed by atoms with Crippen molar-refractivity contribution in [3.05, 3.63) is 53.1 Å². The molecule has 0 spiro atoms. The molecule has 2 aliphatic heterocycles. The van der Waals surface area contributed by atoms with Crippen molar-refractivity contribution in [2.45, 2.75) is 45.3 Å². The van der Waals surface area contributed by atoms with E-state index < -0.39 is 6.04 Å². The largest absolute Gasteiger partial charge is 0.493 e. The fourth-order valence-electron chi connectivity index (χ4n) is 5.04. The van der Waals surface area contributed by atoms with Gasteiger partial charge in [-0.15, -0.1) is 0 Å². The fraction of sp³-hybridized carbons (Fsp3) is 0.483. The summed E-state index contributed by atoms with van der Waals surface area (Å²) in [6.45, 7) is 5.81. The van der Waals surface area contributed by atoms with Crippen LogP contribution in [0.25, 0.3) is 0 Å². The molecule has 1 fully saturated rings. The summed E-state index contributed by atoms with van der Waals surface area (Å²) in [5, 5.41) is 2.92. The van der Waals surface area contributed by atoms with Gasteiger partial charge >= 0.3 is 0 Å². The highest BCUT2D eigenvalue weighted by molar-refractivity contribution is 6.22. The van der Waals surface area contributed by atoms with E-state index in [9.17, 15) is 14.4 Å². The zero-order valence-corrected chi connectivity index (χ0v) is 22.8. The molecule has 204 valence electrons. The Kier molecular flexibility index (Phi) is 8.56. The highest BCUT2D eigenvalue weighted by atomic mass is 16.5. The monoisotopic (exact) mass is 523 g/mol. The van der Waals surface area contributed by atoms with E-state index in [1.54, 1.807) is 44.6 Å². The zero-order chi connectivity index (χ0) is 27.4. The molecule has 38 heavy (non-hydrogen) atoms. The lowest BCUT2D eigenvalue weighted by molar-refractivity contribution is -0.124. The van der Waals surface area contributed by atoms with Gasteiger partial charge in [0, 0.05) is 25.6 Å². The highest BCUT2D eigenvalue weighted by Crippen LogP contribution is 2.40. The number of amides is 3. The summed E-state index contributed by atoms with van der Waals surface area (Å²) in [5.41, 5.74) is 1.40. The van der Waals surface area contributed by atoms with Gasteiger partial charge in [0.2, 0.25) is 5.91 Å². The minimum atomic E-state index is -0.566. The molecule has 0 radical (unpaired) electrons. The molecule has 9 nitrogen and oxygen atoms in total. The van der Waals surface area contributed by atoms with Crippen LogP contribution < -0.4 is 19.5 Å². The number of likely N-dealkylation sites (tertiary alicyclic amines) is 1. The van der Waals surface area contributed by atoms with Crippen LogP contribution in [0.15, 0.2) is 36.4 Å². The molecular formula is C29H37N3O6. The molecule has 4 rings (SSSR count). The molecule has 1 saturated heterocycles. The van der Waals surface area contributed by atoms with Crippen molar-refractivity contribution in [1.29, 1.82) is 0 Å². The smallest absolute Gasteiger partial charge is 0.265 e. The van der Waals surface area contributed by atoms with Gasteiger partial charge < -0.3 is 24.4 Å². The van der Waals surface area contributed by atoms with Gasteiger partial charge in [-0.1, -0.05) is 26.0 Å². The van der Waals surface area contributed by atoms with E-state index in [0.717, 1.165) is 25.1 Å². The van der Waals surface area contributed by atoms with Crippen molar-refractivity contribution in [2.24, 2.45) is 5.92 Å². The van der Waals surface area contributed by atoms with Gasteiger partial charge in [0.05, 0.1) is 31.4 Å². The van der Waals surface area contributed by atoms with E-state index in [0.29, 0.717) is 47.8 Å². The van der Waals surface area contributed by atoms with Crippen LogP contribution in [0.5, 0.6) is 17.2 Å². The lowest BCUT2D eigenvalue weighted by Gasteiger charge is -2.27. The number of ether oxygens (including phenoxy) is 3. The first-order chi connectivity index (χ1) is 18.2. The maximum Gasteiger partial charge on any atom is 0.265 e. The maximum absolute atomic E-state index is 13.9. The van der Waals surface area contributed by atoms with Crippen LogP contribution in [-0.2, 0) is 4.79 Å². The number of methoxy groups -OCH3 is 2. The second kappa shape index (κ2) is 11.9.